The minimum absolute atomic E-state index is 0.218. The van der Waals surface area contributed by atoms with Crippen molar-refractivity contribution in [1.29, 1.82) is 0 Å². The number of ether oxygens (including phenoxy) is 2. The van der Waals surface area contributed by atoms with Crippen LogP contribution in [0.3, 0.4) is 0 Å². The highest BCUT2D eigenvalue weighted by Gasteiger charge is 2.26. The molecule has 1 atom stereocenters. The van der Waals surface area contributed by atoms with E-state index >= 15 is 0 Å². The molecule has 21 heavy (non-hydrogen) atoms. The highest BCUT2D eigenvalue weighted by Crippen LogP contribution is 2.33. The molecular weight excluding hydrogens is 288 g/mol. The fourth-order valence-corrected chi connectivity index (χ4v) is 3.31. The smallest absolute Gasteiger partial charge is 0.226 e. The molecule has 120 valence electrons. The first-order valence-electron chi connectivity index (χ1n) is 7.60. The molecule has 6 nitrogen and oxygen atoms in total. The number of methoxy groups -OCH3 is 2. The lowest BCUT2D eigenvalue weighted by molar-refractivity contribution is 0.169. The lowest BCUT2D eigenvalue weighted by Crippen LogP contribution is -2.40. The normalized spacial score (nSPS) is 17.3. The summed E-state index contributed by atoms with van der Waals surface area (Å²) >= 11 is 5.45. The lowest BCUT2D eigenvalue weighted by Gasteiger charge is -2.30. The molecule has 0 amide bonds. The van der Waals surface area contributed by atoms with Gasteiger partial charge in [-0.2, -0.15) is 0 Å². The van der Waals surface area contributed by atoms with Crippen LogP contribution in [0, 0.1) is 4.77 Å². The van der Waals surface area contributed by atoms with Crippen molar-refractivity contribution in [3.63, 3.8) is 0 Å². The summed E-state index contributed by atoms with van der Waals surface area (Å²) in [7, 11) is 3.44. The van der Waals surface area contributed by atoms with Crippen LogP contribution < -0.4 is 4.90 Å². The topological polar surface area (TPSA) is 55.3 Å². The number of H-pyrrole nitrogens is 1. The minimum atomic E-state index is 0.218. The van der Waals surface area contributed by atoms with Gasteiger partial charge in [0.25, 0.3) is 0 Å². The largest absolute Gasteiger partial charge is 0.383 e. The van der Waals surface area contributed by atoms with Crippen LogP contribution in [0.15, 0.2) is 0 Å². The number of hydrogen-bond donors (Lipinski definition) is 1. The monoisotopic (exact) mass is 314 g/mol. The van der Waals surface area contributed by atoms with Crippen LogP contribution in [0.4, 0.5) is 5.95 Å². The fraction of sp³-hybridized carbons (Fsp3) is 0.857. The number of aromatic nitrogens is 3. The SMILES string of the molecule is COCCN(c1n[nH]c(=S)n1C1CCCC1)C(C)COC. The van der Waals surface area contributed by atoms with E-state index in [2.05, 4.69) is 26.6 Å². The van der Waals surface area contributed by atoms with Gasteiger partial charge in [-0.05, 0) is 32.0 Å². The molecule has 2 rings (SSSR count). The van der Waals surface area contributed by atoms with Crippen LogP contribution in [-0.2, 0) is 9.47 Å². The quantitative estimate of drug-likeness (QED) is 0.747. The predicted octanol–water partition coefficient (Wildman–Crippen LogP) is 2.54. The van der Waals surface area contributed by atoms with Gasteiger partial charge in [-0.25, -0.2) is 5.10 Å². The standard InChI is InChI=1S/C14H26N4O2S/c1-11(10-20-3)17(8-9-19-2)13-15-16-14(21)18(13)12-6-4-5-7-12/h11-12H,4-10H2,1-3H3,(H,16,21). The molecule has 1 aromatic rings. The Morgan fingerprint density at radius 1 is 1.38 bits per heavy atom. The molecular formula is C14H26N4O2S. The summed E-state index contributed by atoms with van der Waals surface area (Å²) in [4.78, 5) is 2.22. The summed E-state index contributed by atoms with van der Waals surface area (Å²) in [6, 6.07) is 0.682. The summed E-state index contributed by atoms with van der Waals surface area (Å²) in [5.74, 6) is 0.911. The summed E-state index contributed by atoms with van der Waals surface area (Å²) in [6.45, 7) is 4.20. The second kappa shape index (κ2) is 7.91. The van der Waals surface area contributed by atoms with Crippen molar-refractivity contribution in [1.82, 2.24) is 14.8 Å². The number of anilines is 1. The van der Waals surface area contributed by atoms with Gasteiger partial charge in [0.2, 0.25) is 5.95 Å². The third-order valence-corrected chi connectivity index (χ3v) is 4.40. The van der Waals surface area contributed by atoms with E-state index in [-0.39, 0.29) is 6.04 Å². The second-order valence-corrected chi connectivity index (χ2v) is 6.01. The number of nitrogens with one attached hydrogen (secondary N) is 1. The van der Waals surface area contributed by atoms with Crippen molar-refractivity contribution in [2.45, 2.75) is 44.7 Å². The Kier molecular flexibility index (Phi) is 6.20. The van der Waals surface area contributed by atoms with Crippen molar-refractivity contribution in [2.75, 3.05) is 38.9 Å². The molecule has 0 spiro atoms. The number of aromatic amines is 1. The predicted molar refractivity (Wildman–Crippen MR) is 85.5 cm³/mol. The third kappa shape index (κ3) is 3.84. The maximum Gasteiger partial charge on any atom is 0.226 e. The van der Waals surface area contributed by atoms with Gasteiger partial charge in [-0.15, -0.1) is 5.10 Å². The zero-order chi connectivity index (χ0) is 15.2. The lowest BCUT2D eigenvalue weighted by atomic mass is 10.2. The van der Waals surface area contributed by atoms with Crippen molar-refractivity contribution in [2.24, 2.45) is 0 Å². The molecule has 1 aromatic heterocycles. The third-order valence-electron chi connectivity index (χ3n) is 4.11. The van der Waals surface area contributed by atoms with Gasteiger partial charge < -0.3 is 14.4 Å². The zero-order valence-electron chi connectivity index (χ0n) is 13.2. The van der Waals surface area contributed by atoms with Crippen LogP contribution in [0.2, 0.25) is 0 Å². The molecule has 1 fully saturated rings. The van der Waals surface area contributed by atoms with E-state index in [0.29, 0.717) is 24.0 Å². The number of rotatable bonds is 8. The summed E-state index contributed by atoms with van der Waals surface area (Å²) < 4.78 is 13.4. The Labute approximate surface area is 131 Å². The van der Waals surface area contributed by atoms with Gasteiger partial charge in [-0.1, -0.05) is 12.8 Å². The molecule has 1 aliphatic rings. The van der Waals surface area contributed by atoms with E-state index in [4.69, 9.17) is 21.7 Å². The molecule has 0 radical (unpaired) electrons. The Hall–Kier alpha value is -0.920. The van der Waals surface area contributed by atoms with E-state index in [1.165, 1.54) is 25.7 Å². The van der Waals surface area contributed by atoms with Crippen LogP contribution in [0.5, 0.6) is 0 Å². The first kappa shape index (κ1) is 16.5. The average molecular weight is 314 g/mol. The number of hydrogen-bond acceptors (Lipinski definition) is 5. The van der Waals surface area contributed by atoms with Crippen LogP contribution in [0.1, 0.15) is 38.6 Å². The summed E-state index contributed by atoms with van der Waals surface area (Å²) in [6.07, 6.45) is 4.89. The molecule has 1 unspecified atom stereocenters. The van der Waals surface area contributed by atoms with Gasteiger partial charge >= 0.3 is 0 Å². The molecule has 0 aliphatic heterocycles. The van der Waals surface area contributed by atoms with Gasteiger partial charge in [0.15, 0.2) is 4.77 Å². The maximum atomic E-state index is 5.45. The van der Waals surface area contributed by atoms with Gasteiger partial charge in [0.05, 0.1) is 19.3 Å². The molecule has 0 bridgehead atoms. The van der Waals surface area contributed by atoms with Gasteiger partial charge in [-0.3, -0.25) is 4.57 Å². The van der Waals surface area contributed by atoms with Crippen molar-refractivity contribution >= 4 is 18.2 Å². The minimum Gasteiger partial charge on any atom is -0.383 e. The molecule has 0 aromatic carbocycles. The summed E-state index contributed by atoms with van der Waals surface area (Å²) in [5, 5.41) is 7.44. The molecule has 0 saturated heterocycles. The van der Waals surface area contributed by atoms with Gasteiger partial charge in [0, 0.05) is 26.8 Å². The Morgan fingerprint density at radius 3 is 2.71 bits per heavy atom. The Morgan fingerprint density at radius 2 is 2.10 bits per heavy atom. The highest BCUT2D eigenvalue weighted by molar-refractivity contribution is 7.71. The molecule has 1 heterocycles. The maximum absolute atomic E-state index is 5.45. The van der Waals surface area contributed by atoms with E-state index in [0.717, 1.165) is 12.5 Å². The van der Waals surface area contributed by atoms with Crippen molar-refractivity contribution in [3.8, 4) is 0 Å². The van der Waals surface area contributed by atoms with E-state index < -0.39 is 0 Å². The van der Waals surface area contributed by atoms with Crippen LogP contribution >= 0.6 is 12.2 Å². The molecule has 7 heteroatoms. The van der Waals surface area contributed by atoms with Crippen molar-refractivity contribution in [3.05, 3.63) is 4.77 Å². The average Bonchev–Trinajstić information content (AvgIpc) is 3.09. The van der Waals surface area contributed by atoms with E-state index in [1.807, 2.05) is 0 Å². The first-order chi connectivity index (χ1) is 10.2. The summed E-state index contributed by atoms with van der Waals surface area (Å²) in [5.41, 5.74) is 0. The Bertz CT molecular complexity index is 482. The fourth-order valence-electron chi connectivity index (χ4n) is 3.03. The van der Waals surface area contributed by atoms with Gasteiger partial charge in [0.1, 0.15) is 0 Å². The first-order valence-corrected chi connectivity index (χ1v) is 8.01. The molecule has 1 aliphatic carbocycles. The number of nitrogens with zero attached hydrogens (tertiary/aromatic N) is 3. The zero-order valence-corrected chi connectivity index (χ0v) is 14.0. The Balaban J connectivity index is 2.28. The van der Waals surface area contributed by atoms with Crippen LogP contribution in [-0.4, -0.2) is 54.8 Å². The van der Waals surface area contributed by atoms with E-state index in [1.54, 1.807) is 14.2 Å². The van der Waals surface area contributed by atoms with Crippen molar-refractivity contribution < 1.29 is 9.47 Å². The van der Waals surface area contributed by atoms with E-state index in [9.17, 15) is 0 Å². The molecule has 1 saturated carbocycles. The van der Waals surface area contributed by atoms with Crippen LogP contribution in [0.25, 0.3) is 0 Å². The second-order valence-electron chi connectivity index (χ2n) is 5.63. The molecule has 1 N–H and O–H groups in total. The highest BCUT2D eigenvalue weighted by atomic mass is 32.1.